The van der Waals surface area contributed by atoms with Gasteiger partial charge in [0.2, 0.25) is 0 Å². The van der Waals surface area contributed by atoms with Crippen molar-refractivity contribution in [1.29, 1.82) is 0 Å². The molecule has 0 aromatic carbocycles. The summed E-state index contributed by atoms with van der Waals surface area (Å²) in [4.78, 5) is 14.5. The zero-order valence-electron chi connectivity index (χ0n) is 11.3. The second kappa shape index (κ2) is 5.64. The third-order valence-corrected chi connectivity index (χ3v) is 2.64. The number of esters is 1. The molecule has 0 bridgehead atoms. The molecule has 0 spiro atoms. The molecule has 8 heteroatoms. The van der Waals surface area contributed by atoms with Crippen molar-refractivity contribution in [3.8, 4) is 11.5 Å². The summed E-state index contributed by atoms with van der Waals surface area (Å²) in [6.45, 7) is 3.65. The van der Waals surface area contributed by atoms with Gasteiger partial charge in [-0.25, -0.2) is 9.18 Å². The van der Waals surface area contributed by atoms with Crippen LogP contribution in [0.5, 0.6) is 0 Å². The van der Waals surface area contributed by atoms with E-state index < -0.39 is 11.8 Å². The number of hydrogen-bond donors (Lipinski definition) is 1. The standard InChI is InChI=1S/C12H14FN5O2/c1-4-7(12(19)20-5-2)10-15-11(17-16-10)9-8(13)6-14-18(9)3/h4,6H,5H2,1-3H3,(H,15,16,17)/b7-4-. The van der Waals surface area contributed by atoms with Crippen molar-refractivity contribution in [3.63, 3.8) is 0 Å². The van der Waals surface area contributed by atoms with Crippen LogP contribution in [0.4, 0.5) is 4.39 Å². The number of ether oxygens (including phenoxy) is 1. The molecule has 2 aromatic heterocycles. The number of aryl methyl sites for hydroxylation is 1. The summed E-state index contributed by atoms with van der Waals surface area (Å²) in [6, 6.07) is 0. The molecule has 106 valence electrons. The normalized spacial score (nSPS) is 11.7. The van der Waals surface area contributed by atoms with Crippen molar-refractivity contribution >= 4 is 11.5 Å². The predicted molar refractivity (Wildman–Crippen MR) is 68.8 cm³/mol. The molecule has 0 aliphatic heterocycles. The fraction of sp³-hybridized carbons (Fsp3) is 0.333. The summed E-state index contributed by atoms with van der Waals surface area (Å²) in [5.74, 6) is -0.612. The van der Waals surface area contributed by atoms with Crippen molar-refractivity contribution < 1.29 is 13.9 Å². The van der Waals surface area contributed by atoms with Crippen LogP contribution in [0.3, 0.4) is 0 Å². The van der Waals surface area contributed by atoms with Crippen molar-refractivity contribution in [2.75, 3.05) is 6.61 Å². The molecule has 0 atom stereocenters. The van der Waals surface area contributed by atoms with E-state index in [4.69, 9.17) is 4.74 Å². The van der Waals surface area contributed by atoms with Crippen molar-refractivity contribution in [2.24, 2.45) is 7.05 Å². The maximum atomic E-state index is 13.6. The van der Waals surface area contributed by atoms with Gasteiger partial charge in [0.25, 0.3) is 0 Å². The molecule has 0 amide bonds. The fourth-order valence-electron chi connectivity index (χ4n) is 1.73. The number of carbonyl (C=O) groups excluding carboxylic acids is 1. The SMILES string of the molecule is C/C=C(\C(=O)OCC)c1nnc(-c2c(F)cnn2C)[nH]1. The molecule has 20 heavy (non-hydrogen) atoms. The van der Waals surface area contributed by atoms with Crippen LogP contribution in [0, 0.1) is 5.82 Å². The Kier molecular flexibility index (Phi) is 3.92. The summed E-state index contributed by atoms with van der Waals surface area (Å²) in [5.41, 5.74) is 0.413. The Hall–Kier alpha value is -2.51. The van der Waals surface area contributed by atoms with Crippen LogP contribution in [0.15, 0.2) is 12.3 Å². The van der Waals surface area contributed by atoms with Crippen LogP contribution in [-0.2, 0) is 16.6 Å². The minimum atomic E-state index is -0.520. The van der Waals surface area contributed by atoms with E-state index in [2.05, 4.69) is 20.3 Å². The second-order valence-electron chi connectivity index (χ2n) is 3.91. The highest BCUT2D eigenvalue weighted by molar-refractivity contribution is 6.15. The van der Waals surface area contributed by atoms with Gasteiger partial charge in [-0.2, -0.15) is 5.10 Å². The number of carbonyl (C=O) groups is 1. The van der Waals surface area contributed by atoms with Crippen LogP contribution in [0.2, 0.25) is 0 Å². The largest absolute Gasteiger partial charge is 0.462 e. The minimum Gasteiger partial charge on any atom is -0.462 e. The highest BCUT2D eigenvalue weighted by Gasteiger charge is 2.20. The zero-order chi connectivity index (χ0) is 14.7. The maximum absolute atomic E-state index is 13.6. The van der Waals surface area contributed by atoms with Crippen LogP contribution < -0.4 is 0 Å². The number of rotatable bonds is 4. The van der Waals surface area contributed by atoms with Gasteiger partial charge in [-0.1, -0.05) is 6.08 Å². The number of aromatic amines is 1. The monoisotopic (exact) mass is 279 g/mol. The van der Waals surface area contributed by atoms with Gasteiger partial charge in [0.05, 0.1) is 18.4 Å². The first-order chi connectivity index (χ1) is 9.58. The van der Waals surface area contributed by atoms with E-state index in [1.807, 2.05) is 0 Å². The molecule has 2 rings (SSSR count). The number of nitrogens with zero attached hydrogens (tertiary/aromatic N) is 4. The first-order valence-electron chi connectivity index (χ1n) is 6.02. The van der Waals surface area contributed by atoms with Gasteiger partial charge >= 0.3 is 5.97 Å². The molecule has 1 N–H and O–H groups in total. The van der Waals surface area contributed by atoms with E-state index >= 15 is 0 Å². The van der Waals surface area contributed by atoms with Gasteiger partial charge in [-0.15, -0.1) is 10.2 Å². The molecule has 0 fully saturated rings. The summed E-state index contributed by atoms with van der Waals surface area (Å²) in [6.07, 6.45) is 2.64. The Bertz CT molecular complexity index is 639. The highest BCUT2D eigenvalue weighted by Crippen LogP contribution is 2.20. The van der Waals surface area contributed by atoms with E-state index in [1.165, 1.54) is 4.68 Å². The van der Waals surface area contributed by atoms with E-state index in [9.17, 15) is 9.18 Å². The van der Waals surface area contributed by atoms with E-state index in [1.54, 1.807) is 27.0 Å². The lowest BCUT2D eigenvalue weighted by atomic mass is 10.2. The number of nitrogens with one attached hydrogen (secondary N) is 1. The first kappa shape index (κ1) is 13.9. The van der Waals surface area contributed by atoms with Crippen LogP contribution in [0.1, 0.15) is 19.7 Å². The Balaban J connectivity index is 2.36. The molecule has 0 unspecified atom stereocenters. The molecule has 0 saturated heterocycles. The topological polar surface area (TPSA) is 85.7 Å². The second-order valence-corrected chi connectivity index (χ2v) is 3.91. The molecule has 0 aliphatic carbocycles. The molecule has 0 saturated carbocycles. The Morgan fingerprint density at radius 2 is 2.30 bits per heavy atom. The van der Waals surface area contributed by atoms with Gasteiger partial charge in [0.1, 0.15) is 5.69 Å². The third-order valence-electron chi connectivity index (χ3n) is 2.64. The molecule has 7 nitrogen and oxygen atoms in total. The number of halogens is 1. The van der Waals surface area contributed by atoms with Crippen LogP contribution in [0.25, 0.3) is 17.1 Å². The van der Waals surface area contributed by atoms with Crippen LogP contribution >= 0.6 is 0 Å². The molecular weight excluding hydrogens is 265 g/mol. The quantitative estimate of drug-likeness (QED) is 0.673. The Morgan fingerprint density at radius 1 is 1.55 bits per heavy atom. The molecule has 0 radical (unpaired) electrons. The Morgan fingerprint density at radius 3 is 2.85 bits per heavy atom. The van der Waals surface area contributed by atoms with Crippen molar-refractivity contribution in [2.45, 2.75) is 13.8 Å². The first-order valence-corrected chi connectivity index (χ1v) is 6.02. The third kappa shape index (κ3) is 2.44. The molecule has 2 heterocycles. The lowest BCUT2D eigenvalue weighted by Gasteiger charge is -2.02. The van der Waals surface area contributed by atoms with Crippen molar-refractivity contribution in [1.82, 2.24) is 25.0 Å². The summed E-state index contributed by atoms with van der Waals surface area (Å²) in [5, 5.41) is 11.5. The summed E-state index contributed by atoms with van der Waals surface area (Å²) >= 11 is 0. The minimum absolute atomic E-state index is 0.170. The number of aromatic nitrogens is 5. The molecular formula is C12H14FN5O2. The predicted octanol–water partition coefficient (Wildman–Crippen LogP) is 1.31. The Labute approximate surface area is 114 Å². The number of hydrogen-bond acceptors (Lipinski definition) is 5. The van der Waals surface area contributed by atoms with Crippen LogP contribution in [-0.4, -0.2) is 37.5 Å². The average molecular weight is 279 g/mol. The smallest absolute Gasteiger partial charge is 0.341 e. The number of allylic oxidation sites excluding steroid dienone is 1. The fourth-order valence-corrected chi connectivity index (χ4v) is 1.73. The molecule has 0 aliphatic rings. The average Bonchev–Trinajstić information content (AvgIpc) is 2.98. The summed E-state index contributed by atoms with van der Waals surface area (Å²) in [7, 11) is 1.59. The van der Waals surface area contributed by atoms with E-state index in [0.29, 0.717) is 0 Å². The van der Waals surface area contributed by atoms with Gasteiger partial charge in [0, 0.05) is 7.05 Å². The summed E-state index contributed by atoms with van der Waals surface area (Å²) < 4.78 is 19.8. The van der Waals surface area contributed by atoms with Gasteiger partial charge in [-0.05, 0) is 13.8 Å². The zero-order valence-corrected chi connectivity index (χ0v) is 11.3. The van der Waals surface area contributed by atoms with E-state index in [0.717, 1.165) is 6.20 Å². The molecule has 2 aromatic rings. The van der Waals surface area contributed by atoms with Gasteiger partial charge in [-0.3, -0.25) is 4.68 Å². The lowest BCUT2D eigenvalue weighted by Crippen LogP contribution is -2.08. The maximum Gasteiger partial charge on any atom is 0.341 e. The van der Waals surface area contributed by atoms with Gasteiger partial charge in [0.15, 0.2) is 17.5 Å². The van der Waals surface area contributed by atoms with Crippen molar-refractivity contribution in [3.05, 3.63) is 23.9 Å². The van der Waals surface area contributed by atoms with E-state index in [-0.39, 0.29) is 29.5 Å². The lowest BCUT2D eigenvalue weighted by molar-refractivity contribution is -0.136. The highest BCUT2D eigenvalue weighted by atomic mass is 19.1. The number of H-pyrrole nitrogens is 1. The van der Waals surface area contributed by atoms with Gasteiger partial charge < -0.3 is 9.72 Å².